The van der Waals surface area contributed by atoms with Crippen LogP contribution in [-0.2, 0) is 6.42 Å². The van der Waals surface area contributed by atoms with E-state index in [9.17, 15) is 0 Å². The minimum Gasteiger partial charge on any atom is -0.425 e. The monoisotopic (exact) mass is 251 g/mol. The summed E-state index contributed by atoms with van der Waals surface area (Å²) in [5.74, 6) is 2.88. The third-order valence-electron chi connectivity index (χ3n) is 3.83. The third-order valence-corrected chi connectivity index (χ3v) is 3.83. The van der Waals surface area contributed by atoms with E-state index in [2.05, 4.69) is 29.4 Å². The van der Waals surface area contributed by atoms with Crippen LogP contribution >= 0.6 is 0 Å². The second-order valence-corrected chi connectivity index (χ2v) is 5.40. The van der Waals surface area contributed by atoms with Crippen molar-refractivity contribution in [3.8, 4) is 0 Å². The Morgan fingerprint density at radius 3 is 2.89 bits per heavy atom. The van der Waals surface area contributed by atoms with Crippen molar-refractivity contribution < 1.29 is 4.42 Å². The van der Waals surface area contributed by atoms with Crippen LogP contribution in [0, 0.1) is 5.92 Å². The number of aryl methyl sites for hydroxylation is 1. The zero-order chi connectivity index (χ0) is 12.8. The molecule has 1 saturated carbocycles. The quantitative estimate of drug-likeness (QED) is 0.757. The van der Waals surface area contributed by atoms with Crippen LogP contribution in [0.2, 0.25) is 0 Å². The first kappa shape index (κ1) is 13.5. The fraction of sp³-hybridized carbons (Fsp3) is 0.857. The van der Waals surface area contributed by atoms with Gasteiger partial charge in [-0.05, 0) is 44.7 Å². The van der Waals surface area contributed by atoms with E-state index in [1.165, 1.54) is 25.7 Å². The summed E-state index contributed by atoms with van der Waals surface area (Å²) >= 11 is 0. The van der Waals surface area contributed by atoms with E-state index in [0.29, 0.717) is 11.8 Å². The average Bonchev–Trinajstić information content (AvgIpc) is 2.97. The third kappa shape index (κ3) is 3.55. The molecule has 0 radical (unpaired) electrons. The molecule has 0 saturated heterocycles. The number of hydrogen-bond donors (Lipinski definition) is 1. The Kier molecular flexibility index (Phi) is 5.17. The molecule has 4 nitrogen and oxygen atoms in total. The molecule has 1 N–H and O–H groups in total. The molecule has 0 bridgehead atoms. The molecule has 2 atom stereocenters. The van der Waals surface area contributed by atoms with Gasteiger partial charge in [-0.3, -0.25) is 0 Å². The molecule has 0 aromatic carbocycles. The van der Waals surface area contributed by atoms with E-state index in [-0.39, 0.29) is 0 Å². The molecule has 102 valence electrons. The highest BCUT2D eigenvalue weighted by Gasteiger charge is 2.29. The van der Waals surface area contributed by atoms with Gasteiger partial charge in [0, 0.05) is 12.3 Å². The predicted octanol–water partition coefficient (Wildman–Crippen LogP) is 2.91. The lowest BCUT2D eigenvalue weighted by molar-refractivity contribution is 0.377. The minimum atomic E-state index is 0.504. The van der Waals surface area contributed by atoms with Crippen LogP contribution in [0.5, 0.6) is 0 Å². The Balaban J connectivity index is 1.75. The van der Waals surface area contributed by atoms with E-state index >= 15 is 0 Å². The zero-order valence-corrected chi connectivity index (χ0v) is 11.6. The largest absolute Gasteiger partial charge is 0.425 e. The van der Waals surface area contributed by atoms with Crippen LogP contribution in [0.1, 0.15) is 63.7 Å². The van der Waals surface area contributed by atoms with Crippen LogP contribution in [0.25, 0.3) is 0 Å². The molecule has 1 aliphatic carbocycles. The number of rotatable bonds is 7. The first-order chi connectivity index (χ1) is 8.81. The van der Waals surface area contributed by atoms with Crippen molar-refractivity contribution in [2.75, 3.05) is 13.1 Å². The maximum absolute atomic E-state index is 5.79. The van der Waals surface area contributed by atoms with Crippen LogP contribution in [-0.4, -0.2) is 23.3 Å². The molecule has 1 fully saturated rings. The van der Waals surface area contributed by atoms with Crippen LogP contribution in [0.3, 0.4) is 0 Å². The van der Waals surface area contributed by atoms with Crippen molar-refractivity contribution >= 4 is 0 Å². The van der Waals surface area contributed by atoms with E-state index in [0.717, 1.165) is 37.7 Å². The topological polar surface area (TPSA) is 51.0 Å². The number of nitrogens with one attached hydrogen (secondary N) is 1. The van der Waals surface area contributed by atoms with Gasteiger partial charge in [-0.1, -0.05) is 20.3 Å². The molecule has 0 aliphatic heterocycles. The fourth-order valence-corrected chi connectivity index (χ4v) is 2.70. The van der Waals surface area contributed by atoms with Crippen molar-refractivity contribution in [3.63, 3.8) is 0 Å². The first-order valence-corrected chi connectivity index (χ1v) is 7.34. The van der Waals surface area contributed by atoms with Gasteiger partial charge in [-0.15, -0.1) is 10.2 Å². The lowest BCUT2D eigenvalue weighted by atomic mass is 9.98. The maximum atomic E-state index is 5.79. The van der Waals surface area contributed by atoms with Crippen molar-refractivity contribution in [2.24, 2.45) is 5.92 Å². The Hall–Kier alpha value is -0.900. The molecular formula is C14H25N3O. The van der Waals surface area contributed by atoms with Gasteiger partial charge in [0.25, 0.3) is 0 Å². The Morgan fingerprint density at radius 1 is 1.28 bits per heavy atom. The Morgan fingerprint density at radius 2 is 2.17 bits per heavy atom. The maximum Gasteiger partial charge on any atom is 0.219 e. The molecule has 1 aliphatic rings. The van der Waals surface area contributed by atoms with Gasteiger partial charge in [-0.2, -0.15) is 0 Å². The molecule has 2 unspecified atom stereocenters. The smallest absolute Gasteiger partial charge is 0.219 e. The summed E-state index contributed by atoms with van der Waals surface area (Å²) in [5, 5.41) is 11.8. The SMILES string of the molecule is CCCNCCCc1nnc(C2CCCC2C)o1. The van der Waals surface area contributed by atoms with Gasteiger partial charge in [0.15, 0.2) is 0 Å². The summed E-state index contributed by atoms with van der Waals surface area (Å²) in [4.78, 5) is 0. The summed E-state index contributed by atoms with van der Waals surface area (Å²) in [5.41, 5.74) is 0. The summed E-state index contributed by atoms with van der Waals surface area (Å²) in [6, 6.07) is 0. The van der Waals surface area contributed by atoms with Gasteiger partial charge in [-0.25, -0.2) is 0 Å². The lowest BCUT2D eigenvalue weighted by Crippen LogP contribution is -2.16. The van der Waals surface area contributed by atoms with E-state index in [1.807, 2.05) is 0 Å². The lowest BCUT2D eigenvalue weighted by Gasteiger charge is -2.09. The molecule has 0 amide bonds. The molecule has 1 heterocycles. The van der Waals surface area contributed by atoms with Crippen molar-refractivity contribution in [3.05, 3.63) is 11.8 Å². The van der Waals surface area contributed by atoms with Crippen LogP contribution in [0.15, 0.2) is 4.42 Å². The Labute approximate surface area is 110 Å². The van der Waals surface area contributed by atoms with Crippen LogP contribution < -0.4 is 5.32 Å². The summed E-state index contributed by atoms with van der Waals surface area (Å²) in [7, 11) is 0. The minimum absolute atomic E-state index is 0.504. The highest BCUT2D eigenvalue weighted by Crippen LogP contribution is 2.38. The summed E-state index contributed by atoms with van der Waals surface area (Å²) in [6.45, 7) is 6.59. The summed E-state index contributed by atoms with van der Waals surface area (Å²) in [6.07, 6.45) is 6.95. The van der Waals surface area contributed by atoms with Crippen LogP contribution in [0.4, 0.5) is 0 Å². The average molecular weight is 251 g/mol. The highest BCUT2D eigenvalue weighted by atomic mass is 16.4. The fourth-order valence-electron chi connectivity index (χ4n) is 2.70. The number of aromatic nitrogens is 2. The first-order valence-electron chi connectivity index (χ1n) is 7.34. The van der Waals surface area contributed by atoms with E-state index in [1.54, 1.807) is 0 Å². The molecule has 1 aromatic rings. The second kappa shape index (κ2) is 6.88. The van der Waals surface area contributed by atoms with Gasteiger partial charge in [0.1, 0.15) is 0 Å². The molecular weight excluding hydrogens is 226 g/mol. The molecule has 0 spiro atoms. The summed E-state index contributed by atoms with van der Waals surface area (Å²) < 4.78 is 5.79. The molecule has 1 aromatic heterocycles. The predicted molar refractivity (Wildman–Crippen MR) is 71.5 cm³/mol. The van der Waals surface area contributed by atoms with Gasteiger partial charge >= 0.3 is 0 Å². The van der Waals surface area contributed by atoms with Gasteiger partial charge in [0.2, 0.25) is 11.8 Å². The molecule has 4 heteroatoms. The highest BCUT2D eigenvalue weighted by molar-refractivity contribution is 4.97. The van der Waals surface area contributed by atoms with Crippen molar-refractivity contribution in [1.82, 2.24) is 15.5 Å². The standard InChI is InChI=1S/C14H25N3O/c1-3-9-15-10-5-8-13-16-17-14(18-13)12-7-4-6-11(12)2/h11-12,15H,3-10H2,1-2H3. The van der Waals surface area contributed by atoms with E-state index < -0.39 is 0 Å². The Bertz CT molecular complexity index is 351. The van der Waals surface area contributed by atoms with Gasteiger partial charge < -0.3 is 9.73 Å². The zero-order valence-electron chi connectivity index (χ0n) is 11.6. The van der Waals surface area contributed by atoms with E-state index in [4.69, 9.17) is 4.42 Å². The number of hydrogen-bond acceptors (Lipinski definition) is 4. The van der Waals surface area contributed by atoms with Crippen molar-refractivity contribution in [2.45, 2.75) is 58.3 Å². The molecule has 2 rings (SSSR count). The normalized spacial score (nSPS) is 23.7. The molecule has 18 heavy (non-hydrogen) atoms. The van der Waals surface area contributed by atoms with Gasteiger partial charge in [0.05, 0.1) is 0 Å². The van der Waals surface area contributed by atoms with Crippen molar-refractivity contribution in [1.29, 1.82) is 0 Å². The number of nitrogens with zero attached hydrogens (tertiary/aromatic N) is 2. The second-order valence-electron chi connectivity index (χ2n) is 5.40.